The molecule has 1 heterocycles. The van der Waals surface area contributed by atoms with Crippen LogP contribution in [0.25, 0.3) is 0 Å². The normalized spacial score (nSPS) is 19.9. The summed E-state index contributed by atoms with van der Waals surface area (Å²) in [5, 5.41) is 3.49. The van der Waals surface area contributed by atoms with Crippen LogP contribution in [0.1, 0.15) is 22.7 Å². The Morgan fingerprint density at radius 3 is 1.96 bits per heavy atom. The average Bonchev–Trinajstić information content (AvgIpc) is 2.73. The predicted molar refractivity (Wildman–Crippen MR) is 108 cm³/mol. The van der Waals surface area contributed by atoms with Crippen LogP contribution in [0.5, 0.6) is 0 Å². The van der Waals surface area contributed by atoms with Crippen molar-refractivity contribution >= 4 is 5.91 Å². The zero-order valence-electron chi connectivity index (χ0n) is 15.3. The van der Waals surface area contributed by atoms with E-state index in [1.54, 1.807) is 0 Å². The van der Waals surface area contributed by atoms with Gasteiger partial charge in [-0.3, -0.25) is 4.79 Å². The van der Waals surface area contributed by atoms with Crippen molar-refractivity contribution in [3.8, 4) is 0 Å². The Balaban J connectivity index is 1.59. The third-order valence-corrected chi connectivity index (χ3v) is 5.18. The molecule has 1 saturated heterocycles. The SMILES string of the molecule is O=C1[C@H](Cc2ccccc2)NCC(c2ccccc2)N1Cc1ccccc1. The molecule has 0 aromatic heterocycles. The smallest absolute Gasteiger partial charge is 0.240 e. The molecule has 0 bridgehead atoms. The lowest BCUT2D eigenvalue weighted by molar-refractivity contribution is -0.139. The predicted octanol–water partition coefficient (Wildman–Crippen LogP) is 3.97. The highest BCUT2D eigenvalue weighted by atomic mass is 16.2. The van der Waals surface area contributed by atoms with Crippen LogP contribution in [-0.4, -0.2) is 23.4 Å². The Hall–Kier alpha value is -2.91. The summed E-state index contributed by atoms with van der Waals surface area (Å²) in [6.07, 6.45) is 0.715. The molecule has 1 N–H and O–H groups in total. The number of carbonyl (C=O) groups is 1. The maximum absolute atomic E-state index is 13.4. The molecule has 4 rings (SSSR count). The van der Waals surface area contributed by atoms with Crippen molar-refractivity contribution in [2.75, 3.05) is 6.54 Å². The van der Waals surface area contributed by atoms with E-state index in [1.807, 2.05) is 59.5 Å². The molecular weight excluding hydrogens is 332 g/mol. The van der Waals surface area contributed by atoms with E-state index in [1.165, 1.54) is 11.1 Å². The molecular formula is C24H24N2O. The molecule has 1 fully saturated rings. The van der Waals surface area contributed by atoms with Crippen LogP contribution in [0.15, 0.2) is 91.0 Å². The van der Waals surface area contributed by atoms with Crippen LogP contribution in [-0.2, 0) is 17.8 Å². The minimum atomic E-state index is -0.184. The highest BCUT2D eigenvalue weighted by Gasteiger charge is 2.35. The fourth-order valence-corrected chi connectivity index (χ4v) is 3.76. The van der Waals surface area contributed by atoms with Gasteiger partial charge in [0, 0.05) is 13.1 Å². The quantitative estimate of drug-likeness (QED) is 0.750. The summed E-state index contributed by atoms with van der Waals surface area (Å²) in [5.41, 5.74) is 3.51. The van der Waals surface area contributed by atoms with Gasteiger partial charge in [-0.15, -0.1) is 0 Å². The summed E-state index contributed by atoms with van der Waals surface area (Å²) in [6, 6.07) is 30.6. The third-order valence-electron chi connectivity index (χ3n) is 5.18. The molecule has 136 valence electrons. The Morgan fingerprint density at radius 1 is 0.778 bits per heavy atom. The maximum Gasteiger partial charge on any atom is 0.240 e. The number of amides is 1. The molecule has 27 heavy (non-hydrogen) atoms. The molecule has 3 aromatic carbocycles. The van der Waals surface area contributed by atoms with Gasteiger partial charge in [-0.1, -0.05) is 91.0 Å². The first kappa shape index (κ1) is 17.5. The second-order valence-corrected chi connectivity index (χ2v) is 7.03. The average molecular weight is 356 g/mol. The molecule has 1 amide bonds. The lowest BCUT2D eigenvalue weighted by Crippen LogP contribution is -2.56. The van der Waals surface area contributed by atoms with Crippen LogP contribution < -0.4 is 5.32 Å². The maximum atomic E-state index is 13.4. The zero-order chi connectivity index (χ0) is 18.5. The van der Waals surface area contributed by atoms with Crippen molar-refractivity contribution < 1.29 is 4.79 Å². The first-order valence-electron chi connectivity index (χ1n) is 9.48. The van der Waals surface area contributed by atoms with E-state index < -0.39 is 0 Å². The third kappa shape index (κ3) is 4.09. The summed E-state index contributed by atoms with van der Waals surface area (Å²) in [6.45, 7) is 1.40. The fourth-order valence-electron chi connectivity index (χ4n) is 3.76. The molecule has 3 nitrogen and oxygen atoms in total. The van der Waals surface area contributed by atoms with Gasteiger partial charge >= 0.3 is 0 Å². The standard InChI is InChI=1S/C24H24N2O/c27-24-22(16-19-10-4-1-5-11-19)25-17-23(21-14-8-3-9-15-21)26(24)18-20-12-6-2-7-13-20/h1-15,22-23,25H,16-18H2/t22-,23?/m0/s1. The van der Waals surface area contributed by atoms with Crippen molar-refractivity contribution in [1.82, 2.24) is 10.2 Å². The van der Waals surface area contributed by atoms with Gasteiger partial charge in [0.2, 0.25) is 5.91 Å². The van der Waals surface area contributed by atoms with E-state index in [4.69, 9.17) is 0 Å². The minimum absolute atomic E-state index is 0.0472. The number of piperazine rings is 1. The Bertz CT molecular complexity index is 865. The van der Waals surface area contributed by atoms with Crippen LogP contribution in [0.4, 0.5) is 0 Å². The van der Waals surface area contributed by atoms with Crippen molar-refractivity contribution in [2.24, 2.45) is 0 Å². The molecule has 2 atom stereocenters. The number of nitrogens with one attached hydrogen (secondary N) is 1. The molecule has 0 saturated carbocycles. The summed E-state index contributed by atoms with van der Waals surface area (Å²) < 4.78 is 0. The first-order valence-corrected chi connectivity index (χ1v) is 9.48. The second-order valence-electron chi connectivity index (χ2n) is 7.03. The van der Waals surface area contributed by atoms with E-state index in [2.05, 4.69) is 41.7 Å². The summed E-state index contributed by atoms with van der Waals surface area (Å²) in [4.78, 5) is 15.4. The molecule has 1 aliphatic rings. The fraction of sp³-hybridized carbons (Fsp3) is 0.208. The van der Waals surface area contributed by atoms with Gasteiger partial charge in [0.1, 0.15) is 0 Å². The van der Waals surface area contributed by atoms with Crippen LogP contribution in [0.3, 0.4) is 0 Å². The second kappa shape index (κ2) is 8.19. The molecule has 3 heteroatoms. The van der Waals surface area contributed by atoms with E-state index in [9.17, 15) is 4.79 Å². The van der Waals surface area contributed by atoms with Crippen molar-refractivity contribution in [3.05, 3.63) is 108 Å². The van der Waals surface area contributed by atoms with E-state index in [0.717, 1.165) is 12.1 Å². The Labute approximate surface area is 160 Å². The van der Waals surface area contributed by atoms with Crippen molar-refractivity contribution in [1.29, 1.82) is 0 Å². The number of carbonyl (C=O) groups excluding carboxylic acids is 1. The zero-order valence-corrected chi connectivity index (χ0v) is 15.3. The molecule has 3 aromatic rings. The molecule has 0 spiro atoms. The van der Waals surface area contributed by atoms with Gasteiger partial charge in [0.25, 0.3) is 0 Å². The highest BCUT2D eigenvalue weighted by Crippen LogP contribution is 2.27. The van der Waals surface area contributed by atoms with Crippen LogP contribution in [0.2, 0.25) is 0 Å². The van der Waals surface area contributed by atoms with Gasteiger partial charge in [0.15, 0.2) is 0 Å². The number of rotatable bonds is 5. The highest BCUT2D eigenvalue weighted by molar-refractivity contribution is 5.83. The van der Waals surface area contributed by atoms with Crippen LogP contribution in [0, 0.1) is 0 Å². The molecule has 0 aliphatic carbocycles. The molecule has 1 unspecified atom stereocenters. The molecule has 1 aliphatic heterocycles. The van der Waals surface area contributed by atoms with Gasteiger partial charge in [-0.25, -0.2) is 0 Å². The minimum Gasteiger partial charge on any atom is -0.329 e. The van der Waals surface area contributed by atoms with E-state index >= 15 is 0 Å². The Kier molecular flexibility index (Phi) is 5.31. The van der Waals surface area contributed by atoms with Gasteiger partial charge < -0.3 is 10.2 Å². The van der Waals surface area contributed by atoms with E-state index in [0.29, 0.717) is 13.0 Å². The summed E-state index contributed by atoms with van der Waals surface area (Å²) >= 11 is 0. The Morgan fingerprint density at radius 2 is 1.33 bits per heavy atom. The number of hydrogen-bond acceptors (Lipinski definition) is 2. The lowest BCUT2D eigenvalue weighted by Gasteiger charge is -2.40. The van der Waals surface area contributed by atoms with Crippen molar-refractivity contribution in [3.63, 3.8) is 0 Å². The lowest BCUT2D eigenvalue weighted by atomic mass is 9.96. The number of nitrogens with zero attached hydrogens (tertiary/aromatic N) is 1. The first-order chi connectivity index (χ1) is 13.3. The summed E-state index contributed by atoms with van der Waals surface area (Å²) in [7, 11) is 0. The summed E-state index contributed by atoms with van der Waals surface area (Å²) in [5.74, 6) is 0.169. The van der Waals surface area contributed by atoms with Crippen LogP contribution >= 0.6 is 0 Å². The van der Waals surface area contributed by atoms with Gasteiger partial charge in [-0.05, 0) is 23.1 Å². The van der Waals surface area contributed by atoms with E-state index in [-0.39, 0.29) is 18.0 Å². The van der Waals surface area contributed by atoms with Gasteiger partial charge in [-0.2, -0.15) is 0 Å². The van der Waals surface area contributed by atoms with Gasteiger partial charge in [0.05, 0.1) is 12.1 Å². The number of benzene rings is 3. The van der Waals surface area contributed by atoms with Crippen molar-refractivity contribution in [2.45, 2.75) is 25.0 Å². The number of hydrogen-bond donors (Lipinski definition) is 1. The largest absolute Gasteiger partial charge is 0.329 e. The topological polar surface area (TPSA) is 32.3 Å². The molecule has 0 radical (unpaired) electrons. The monoisotopic (exact) mass is 356 g/mol.